The van der Waals surface area contributed by atoms with Gasteiger partial charge in [-0.3, -0.25) is 4.79 Å². The largest absolute Gasteiger partial charge is 0.308 e. The molecule has 2 heterocycles. The fourth-order valence-electron chi connectivity index (χ4n) is 3.92. The molecule has 0 atom stereocenters. The quantitative estimate of drug-likeness (QED) is 0.486. The molecule has 4 rings (SSSR count). The molecule has 2 aromatic heterocycles. The van der Waals surface area contributed by atoms with Crippen molar-refractivity contribution in [2.24, 2.45) is 5.10 Å². The number of hydrogen-bond acceptors (Lipinski definition) is 4. The third kappa shape index (κ3) is 3.55. The normalized spacial score (nSPS) is 13.3. The van der Waals surface area contributed by atoms with Crippen LogP contribution >= 0.6 is 11.3 Å². The second-order valence-corrected chi connectivity index (χ2v) is 8.43. The molecule has 1 N–H and O–H groups in total. The molecule has 0 spiro atoms. The third-order valence-corrected chi connectivity index (χ3v) is 6.70. The molecule has 5 nitrogen and oxygen atoms in total. The van der Waals surface area contributed by atoms with E-state index in [1.54, 1.807) is 23.6 Å². The molecule has 1 aliphatic carbocycles. The molecule has 1 amide bonds. The van der Waals surface area contributed by atoms with Gasteiger partial charge in [-0.1, -0.05) is 12.1 Å². The van der Waals surface area contributed by atoms with Gasteiger partial charge in [-0.2, -0.15) is 10.4 Å². The first kappa shape index (κ1) is 20.0. The highest BCUT2D eigenvalue weighted by Crippen LogP contribution is 2.38. The van der Waals surface area contributed by atoms with Crippen molar-refractivity contribution >= 4 is 23.5 Å². The van der Waals surface area contributed by atoms with E-state index in [0.29, 0.717) is 0 Å². The van der Waals surface area contributed by atoms with E-state index in [-0.39, 0.29) is 5.56 Å². The first-order valence-electron chi connectivity index (χ1n) is 9.83. The Labute approximate surface area is 178 Å². The van der Waals surface area contributed by atoms with Gasteiger partial charge >= 0.3 is 0 Å². The van der Waals surface area contributed by atoms with Crippen LogP contribution in [0.4, 0.5) is 4.39 Å². The maximum absolute atomic E-state index is 13.7. The van der Waals surface area contributed by atoms with Gasteiger partial charge in [0.1, 0.15) is 16.9 Å². The van der Waals surface area contributed by atoms with Crippen LogP contribution in [0.25, 0.3) is 5.00 Å². The number of carbonyl (C=O) groups excluding carboxylic acids is 1. The van der Waals surface area contributed by atoms with Crippen molar-refractivity contribution < 1.29 is 9.18 Å². The van der Waals surface area contributed by atoms with Gasteiger partial charge in [0.05, 0.1) is 17.3 Å². The molecular weight excluding hydrogens is 399 g/mol. The lowest BCUT2D eigenvalue weighted by Crippen LogP contribution is -2.18. The van der Waals surface area contributed by atoms with Crippen molar-refractivity contribution in [2.45, 2.75) is 39.5 Å². The van der Waals surface area contributed by atoms with Crippen LogP contribution in [0.15, 0.2) is 35.4 Å². The van der Waals surface area contributed by atoms with Crippen molar-refractivity contribution in [3.05, 3.63) is 74.7 Å². The van der Waals surface area contributed by atoms with Crippen LogP contribution in [0.2, 0.25) is 0 Å². The Morgan fingerprint density at radius 3 is 2.83 bits per heavy atom. The number of aryl methyl sites for hydroxylation is 2. The zero-order valence-electron chi connectivity index (χ0n) is 16.8. The summed E-state index contributed by atoms with van der Waals surface area (Å²) in [5.41, 5.74) is 7.05. The maximum Gasteiger partial charge on any atom is 0.274 e. The van der Waals surface area contributed by atoms with Gasteiger partial charge in [0.15, 0.2) is 0 Å². The van der Waals surface area contributed by atoms with Gasteiger partial charge in [0, 0.05) is 21.8 Å². The summed E-state index contributed by atoms with van der Waals surface area (Å²) in [4.78, 5) is 13.4. The minimum Gasteiger partial charge on any atom is -0.308 e. The highest BCUT2D eigenvalue weighted by atomic mass is 32.1. The Morgan fingerprint density at radius 2 is 2.07 bits per heavy atom. The van der Waals surface area contributed by atoms with E-state index < -0.39 is 11.7 Å². The summed E-state index contributed by atoms with van der Waals surface area (Å²) in [5, 5.41) is 14.7. The van der Waals surface area contributed by atoms with Crippen LogP contribution in [0.3, 0.4) is 0 Å². The van der Waals surface area contributed by atoms with Gasteiger partial charge in [0.25, 0.3) is 5.91 Å². The standard InChI is InChI=1S/C23H21FN4OS/c1-14-11-16(13-26-27-22(29)18-8-3-5-9-20(18)24)15(2)28(14)23-19(12-25)17-7-4-6-10-21(17)30-23/h3,5,8-9,11,13H,4,6-7,10H2,1-2H3,(H,27,29)/b26-13+. The summed E-state index contributed by atoms with van der Waals surface area (Å²) in [7, 11) is 0. The summed E-state index contributed by atoms with van der Waals surface area (Å²) in [6, 6.07) is 10.2. The Kier molecular flexibility index (Phi) is 5.51. The first-order valence-corrected chi connectivity index (χ1v) is 10.6. The molecule has 7 heteroatoms. The Hall–Kier alpha value is -3.24. The number of nitrogens with zero attached hydrogens (tertiary/aromatic N) is 3. The van der Waals surface area contributed by atoms with Crippen molar-refractivity contribution in [1.82, 2.24) is 9.99 Å². The van der Waals surface area contributed by atoms with Crippen molar-refractivity contribution in [1.29, 1.82) is 5.26 Å². The van der Waals surface area contributed by atoms with Crippen LogP contribution in [0.5, 0.6) is 0 Å². The van der Waals surface area contributed by atoms with Crippen molar-refractivity contribution in [2.75, 3.05) is 0 Å². The number of nitrogens with one attached hydrogen (secondary N) is 1. The van der Waals surface area contributed by atoms with E-state index in [1.807, 2.05) is 19.9 Å². The summed E-state index contributed by atoms with van der Waals surface area (Å²) in [5.74, 6) is -1.19. The number of fused-ring (bicyclic) bond motifs is 1. The van der Waals surface area contributed by atoms with Crippen molar-refractivity contribution in [3.63, 3.8) is 0 Å². The zero-order chi connectivity index (χ0) is 21.3. The predicted molar refractivity (Wildman–Crippen MR) is 116 cm³/mol. The predicted octanol–water partition coefficient (Wildman–Crippen LogP) is 4.81. The molecule has 1 aromatic carbocycles. The molecule has 30 heavy (non-hydrogen) atoms. The van der Waals surface area contributed by atoms with Gasteiger partial charge in [0.2, 0.25) is 0 Å². The SMILES string of the molecule is Cc1cc(/C=N/NC(=O)c2ccccc2F)c(C)n1-c1sc2c(c1C#N)CCCC2. The van der Waals surface area contributed by atoms with E-state index in [4.69, 9.17) is 0 Å². The van der Waals surface area contributed by atoms with Crippen LogP contribution in [-0.2, 0) is 12.8 Å². The zero-order valence-corrected chi connectivity index (χ0v) is 17.6. The average molecular weight is 421 g/mol. The van der Waals surface area contributed by atoms with Gasteiger partial charge < -0.3 is 4.57 Å². The lowest BCUT2D eigenvalue weighted by atomic mass is 9.96. The molecular formula is C23H21FN4OS. The number of rotatable bonds is 4. The Bertz CT molecular complexity index is 1200. The molecule has 0 unspecified atom stereocenters. The van der Waals surface area contributed by atoms with Gasteiger partial charge in [-0.15, -0.1) is 11.3 Å². The van der Waals surface area contributed by atoms with E-state index in [9.17, 15) is 14.4 Å². The number of carbonyl (C=O) groups is 1. The fourth-order valence-corrected chi connectivity index (χ4v) is 5.37. The Morgan fingerprint density at radius 1 is 1.30 bits per heavy atom. The summed E-state index contributed by atoms with van der Waals surface area (Å²) in [6.45, 7) is 3.95. The van der Waals surface area contributed by atoms with E-state index in [2.05, 4.69) is 21.2 Å². The number of benzene rings is 1. The molecule has 0 radical (unpaired) electrons. The topological polar surface area (TPSA) is 70.2 Å². The maximum atomic E-state index is 13.7. The third-order valence-electron chi connectivity index (χ3n) is 5.43. The number of amides is 1. The van der Waals surface area contributed by atoms with E-state index >= 15 is 0 Å². The molecule has 0 saturated heterocycles. The number of nitriles is 1. The lowest BCUT2D eigenvalue weighted by molar-refractivity contribution is 0.0951. The van der Waals surface area contributed by atoms with E-state index in [1.165, 1.54) is 35.1 Å². The summed E-state index contributed by atoms with van der Waals surface area (Å²) >= 11 is 1.69. The van der Waals surface area contributed by atoms with Crippen LogP contribution in [0, 0.1) is 31.0 Å². The van der Waals surface area contributed by atoms with Crippen LogP contribution in [0.1, 0.15) is 56.2 Å². The second kappa shape index (κ2) is 8.25. The molecule has 1 aliphatic rings. The summed E-state index contributed by atoms with van der Waals surface area (Å²) < 4.78 is 15.8. The molecule has 0 fully saturated rings. The van der Waals surface area contributed by atoms with E-state index in [0.717, 1.165) is 46.8 Å². The highest BCUT2D eigenvalue weighted by molar-refractivity contribution is 7.15. The fraction of sp³-hybridized carbons (Fsp3) is 0.261. The number of aromatic nitrogens is 1. The van der Waals surface area contributed by atoms with Crippen LogP contribution in [-0.4, -0.2) is 16.7 Å². The van der Waals surface area contributed by atoms with Crippen molar-refractivity contribution in [3.8, 4) is 11.1 Å². The molecule has 0 aliphatic heterocycles. The molecule has 152 valence electrons. The smallest absolute Gasteiger partial charge is 0.274 e. The van der Waals surface area contributed by atoms with Gasteiger partial charge in [-0.05, 0) is 63.3 Å². The highest BCUT2D eigenvalue weighted by Gasteiger charge is 2.23. The second-order valence-electron chi connectivity index (χ2n) is 7.34. The monoisotopic (exact) mass is 420 g/mol. The average Bonchev–Trinajstić information content (AvgIpc) is 3.24. The number of halogens is 1. The molecule has 0 saturated carbocycles. The lowest BCUT2D eigenvalue weighted by Gasteiger charge is -2.10. The first-order chi connectivity index (χ1) is 14.5. The van der Waals surface area contributed by atoms with Crippen LogP contribution < -0.4 is 5.43 Å². The minimum atomic E-state index is -0.601. The molecule has 0 bridgehead atoms. The Balaban J connectivity index is 1.61. The summed E-state index contributed by atoms with van der Waals surface area (Å²) in [6.07, 6.45) is 5.84. The number of thiophene rings is 1. The molecule has 3 aromatic rings. The minimum absolute atomic E-state index is 0.0528. The van der Waals surface area contributed by atoms with Gasteiger partial charge in [-0.25, -0.2) is 9.82 Å². The number of hydrazone groups is 1. The number of hydrogen-bond donors (Lipinski definition) is 1.